The lowest BCUT2D eigenvalue weighted by Crippen LogP contribution is -2.52. The standard InChI is InChI=1S/C33H44BF3N2O8/c1-31(2,3)45-30(41)24-18(35)11-10-17(27(24)43-8)14-22(34-46-21-12-13-32(4,5)16-33(21,6)47-34)39-29(40)26(38)23-19(36)15-20(42-7)28(44-9)25(23)37/h10-11,15,21-22,26H,12-14,16,38H2,1-9H3,(H,39,40). The van der Waals surface area contributed by atoms with Crippen LogP contribution in [0.1, 0.15) is 88.3 Å². The number of halogens is 3. The van der Waals surface area contributed by atoms with Crippen LogP contribution in [0, 0.1) is 22.9 Å². The van der Waals surface area contributed by atoms with Crippen LogP contribution in [-0.4, -0.2) is 63.6 Å². The Labute approximate surface area is 273 Å². The van der Waals surface area contributed by atoms with E-state index in [-0.39, 0.29) is 29.4 Å². The molecule has 2 aromatic carbocycles. The molecule has 0 aromatic heterocycles. The molecule has 14 heteroatoms. The number of esters is 1. The van der Waals surface area contributed by atoms with E-state index in [9.17, 15) is 9.59 Å². The highest BCUT2D eigenvalue weighted by Gasteiger charge is 2.56. The van der Waals surface area contributed by atoms with Gasteiger partial charge in [-0.05, 0) is 70.4 Å². The van der Waals surface area contributed by atoms with Crippen molar-refractivity contribution in [1.82, 2.24) is 5.32 Å². The fourth-order valence-electron chi connectivity index (χ4n) is 6.53. The molecule has 1 amide bonds. The van der Waals surface area contributed by atoms with E-state index in [2.05, 4.69) is 19.2 Å². The van der Waals surface area contributed by atoms with Crippen LogP contribution in [0.15, 0.2) is 18.2 Å². The lowest BCUT2D eigenvalue weighted by molar-refractivity contribution is -0.123. The van der Waals surface area contributed by atoms with E-state index < -0.39 is 76.5 Å². The van der Waals surface area contributed by atoms with Crippen molar-refractivity contribution < 1.29 is 51.0 Å². The highest BCUT2D eigenvalue weighted by atomic mass is 19.1. The summed E-state index contributed by atoms with van der Waals surface area (Å²) in [5.74, 6) is -6.85. The second-order valence-corrected chi connectivity index (χ2v) is 14.0. The molecule has 258 valence electrons. The van der Waals surface area contributed by atoms with Crippen molar-refractivity contribution in [2.75, 3.05) is 21.3 Å². The molecule has 2 aliphatic rings. The second kappa shape index (κ2) is 13.6. The topological polar surface area (TPSA) is 128 Å². The number of benzene rings is 2. The SMILES string of the molecule is COc1cc(F)c(C(N)C(=O)NC(Cc2ccc(F)c(C(=O)OC(C)(C)C)c2OC)B2OC3CCC(C)(C)CC3(C)O2)c(F)c1OC. The fourth-order valence-corrected chi connectivity index (χ4v) is 6.53. The molecule has 1 aliphatic carbocycles. The van der Waals surface area contributed by atoms with Crippen LogP contribution in [0.2, 0.25) is 0 Å². The lowest BCUT2D eigenvalue weighted by atomic mass is 9.69. The average molecular weight is 665 g/mol. The molecule has 2 aromatic rings. The van der Waals surface area contributed by atoms with Crippen molar-refractivity contribution >= 4 is 19.0 Å². The molecule has 1 saturated carbocycles. The van der Waals surface area contributed by atoms with Crippen molar-refractivity contribution in [3.8, 4) is 17.2 Å². The number of rotatable bonds is 10. The Hall–Kier alpha value is -3.49. The molecular weight excluding hydrogens is 620 g/mol. The maximum absolute atomic E-state index is 15.4. The number of fused-ring (bicyclic) bond motifs is 1. The van der Waals surface area contributed by atoms with Crippen LogP contribution >= 0.6 is 0 Å². The van der Waals surface area contributed by atoms with Gasteiger partial charge in [0.15, 0.2) is 17.3 Å². The second-order valence-electron chi connectivity index (χ2n) is 14.0. The molecule has 2 fully saturated rings. The first-order valence-electron chi connectivity index (χ1n) is 15.4. The van der Waals surface area contributed by atoms with Gasteiger partial charge in [0, 0.05) is 6.07 Å². The summed E-state index contributed by atoms with van der Waals surface area (Å²) in [6.45, 7) is 11.2. The van der Waals surface area contributed by atoms with E-state index in [1.54, 1.807) is 20.8 Å². The Bertz CT molecular complexity index is 1520. The Morgan fingerprint density at radius 1 is 1.06 bits per heavy atom. The molecule has 0 spiro atoms. The zero-order valence-electron chi connectivity index (χ0n) is 28.3. The van der Waals surface area contributed by atoms with Gasteiger partial charge in [-0.3, -0.25) is 4.79 Å². The van der Waals surface area contributed by atoms with E-state index in [0.717, 1.165) is 18.6 Å². The molecule has 4 rings (SSSR count). The third kappa shape index (κ3) is 7.65. The molecule has 1 heterocycles. The van der Waals surface area contributed by atoms with Crippen LogP contribution in [-0.2, 0) is 25.3 Å². The van der Waals surface area contributed by atoms with Crippen LogP contribution in [0.5, 0.6) is 17.2 Å². The van der Waals surface area contributed by atoms with Gasteiger partial charge in [-0.25, -0.2) is 18.0 Å². The summed E-state index contributed by atoms with van der Waals surface area (Å²) >= 11 is 0. The number of methoxy groups -OCH3 is 3. The van der Waals surface area contributed by atoms with Gasteiger partial charge in [-0.15, -0.1) is 0 Å². The lowest BCUT2D eigenvalue weighted by Gasteiger charge is -2.43. The normalized spacial score (nSPS) is 21.8. The molecule has 10 nitrogen and oxygen atoms in total. The minimum atomic E-state index is -1.83. The summed E-state index contributed by atoms with van der Waals surface area (Å²) in [4.78, 5) is 26.7. The predicted molar refractivity (Wildman–Crippen MR) is 168 cm³/mol. The van der Waals surface area contributed by atoms with Gasteiger partial charge in [0.25, 0.3) is 0 Å². The molecule has 4 atom stereocenters. The summed E-state index contributed by atoms with van der Waals surface area (Å²) in [6, 6.07) is 1.54. The first kappa shape index (κ1) is 36.4. The number of carbonyl (C=O) groups excluding carboxylic acids is 2. The zero-order valence-corrected chi connectivity index (χ0v) is 28.3. The van der Waals surface area contributed by atoms with E-state index in [1.165, 1.54) is 27.4 Å². The third-order valence-electron chi connectivity index (χ3n) is 8.56. The third-order valence-corrected chi connectivity index (χ3v) is 8.56. The molecule has 4 unspecified atom stereocenters. The van der Waals surface area contributed by atoms with Crippen molar-refractivity contribution in [1.29, 1.82) is 0 Å². The maximum atomic E-state index is 15.4. The van der Waals surface area contributed by atoms with E-state index in [1.807, 2.05) is 6.92 Å². The number of nitrogens with two attached hydrogens (primary N) is 1. The van der Waals surface area contributed by atoms with Crippen molar-refractivity contribution in [3.63, 3.8) is 0 Å². The highest BCUT2D eigenvalue weighted by molar-refractivity contribution is 6.48. The van der Waals surface area contributed by atoms with Gasteiger partial charge in [0.05, 0.1) is 44.5 Å². The molecular formula is C33H44BF3N2O8. The van der Waals surface area contributed by atoms with Crippen molar-refractivity contribution in [2.24, 2.45) is 11.1 Å². The van der Waals surface area contributed by atoms with Crippen molar-refractivity contribution in [3.05, 3.63) is 52.3 Å². The van der Waals surface area contributed by atoms with Gasteiger partial charge in [-0.2, -0.15) is 0 Å². The maximum Gasteiger partial charge on any atom is 0.482 e. The summed E-state index contributed by atoms with van der Waals surface area (Å²) in [5.41, 5.74) is 3.67. The average Bonchev–Trinajstić information content (AvgIpc) is 3.30. The smallest absolute Gasteiger partial charge is 0.482 e. The molecule has 1 saturated heterocycles. The Morgan fingerprint density at radius 2 is 1.72 bits per heavy atom. The quantitative estimate of drug-likeness (QED) is 0.260. The van der Waals surface area contributed by atoms with Gasteiger partial charge < -0.3 is 39.3 Å². The molecule has 47 heavy (non-hydrogen) atoms. The molecule has 0 radical (unpaired) electrons. The highest BCUT2D eigenvalue weighted by Crippen LogP contribution is 2.48. The number of amides is 1. The van der Waals surface area contributed by atoms with Crippen LogP contribution in [0.3, 0.4) is 0 Å². The molecule has 3 N–H and O–H groups in total. The van der Waals surface area contributed by atoms with Crippen LogP contribution in [0.25, 0.3) is 0 Å². The first-order chi connectivity index (χ1) is 21.8. The van der Waals surface area contributed by atoms with Gasteiger partial charge in [0.1, 0.15) is 34.6 Å². The minimum Gasteiger partial charge on any atom is -0.495 e. The fraction of sp³-hybridized carbons (Fsp3) is 0.576. The van der Waals surface area contributed by atoms with Gasteiger partial charge in [-0.1, -0.05) is 19.9 Å². The van der Waals surface area contributed by atoms with E-state index in [4.69, 9.17) is 34.0 Å². The first-order valence-corrected chi connectivity index (χ1v) is 15.4. The number of hydrogen-bond acceptors (Lipinski definition) is 9. The number of hydrogen-bond donors (Lipinski definition) is 2. The Balaban J connectivity index is 1.73. The number of carbonyl (C=O) groups is 2. The number of ether oxygens (including phenoxy) is 4. The molecule has 1 aliphatic heterocycles. The van der Waals surface area contributed by atoms with Gasteiger partial charge in [0.2, 0.25) is 5.91 Å². The largest absolute Gasteiger partial charge is 0.495 e. The van der Waals surface area contributed by atoms with E-state index >= 15 is 13.2 Å². The Kier molecular flexibility index (Phi) is 10.5. The number of nitrogens with one attached hydrogen (secondary N) is 1. The van der Waals surface area contributed by atoms with Crippen LogP contribution in [0.4, 0.5) is 13.2 Å². The monoisotopic (exact) mass is 664 g/mol. The summed E-state index contributed by atoms with van der Waals surface area (Å²) in [7, 11) is 2.61. The van der Waals surface area contributed by atoms with Crippen molar-refractivity contribution in [2.45, 2.75) is 96.5 Å². The summed E-state index contributed by atoms with van der Waals surface area (Å²) < 4.78 is 79.5. The van der Waals surface area contributed by atoms with Crippen LogP contribution < -0.4 is 25.3 Å². The minimum absolute atomic E-state index is 0.0322. The molecule has 0 bridgehead atoms. The van der Waals surface area contributed by atoms with E-state index in [0.29, 0.717) is 18.4 Å². The summed E-state index contributed by atoms with van der Waals surface area (Å²) in [6.07, 6.45) is 1.85. The Morgan fingerprint density at radius 3 is 2.32 bits per heavy atom. The van der Waals surface area contributed by atoms with Gasteiger partial charge >= 0.3 is 13.1 Å². The predicted octanol–water partition coefficient (Wildman–Crippen LogP) is 5.22. The summed E-state index contributed by atoms with van der Waals surface area (Å²) in [5, 5.41) is 2.74. The zero-order chi connectivity index (χ0) is 35.1.